The summed E-state index contributed by atoms with van der Waals surface area (Å²) in [5, 5.41) is 9.12. The molecule has 0 bridgehead atoms. The summed E-state index contributed by atoms with van der Waals surface area (Å²) >= 11 is 0. The van der Waals surface area contributed by atoms with Gasteiger partial charge in [-0.3, -0.25) is 4.90 Å². The fourth-order valence-electron chi connectivity index (χ4n) is 3.26. The topological polar surface area (TPSA) is 65.3 Å². The van der Waals surface area contributed by atoms with Crippen LogP contribution in [0.3, 0.4) is 0 Å². The van der Waals surface area contributed by atoms with Crippen molar-refractivity contribution in [3.63, 3.8) is 0 Å². The van der Waals surface area contributed by atoms with E-state index in [9.17, 15) is 0 Å². The number of hydrogen-bond donors (Lipinski definition) is 0. The van der Waals surface area contributed by atoms with E-state index in [1.807, 2.05) is 13.0 Å². The SMILES string of the molecule is CCc1nc(C#N)cc(N2CCC(N3CCOCC3)CC2)n1.Cl. The molecular formula is C16H24ClN5O. The van der Waals surface area contributed by atoms with Crippen LogP contribution in [-0.4, -0.2) is 60.3 Å². The molecule has 2 aliphatic rings. The van der Waals surface area contributed by atoms with Gasteiger partial charge in [0.2, 0.25) is 0 Å². The molecule has 0 N–H and O–H groups in total. The summed E-state index contributed by atoms with van der Waals surface area (Å²) in [4.78, 5) is 13.7. The van der Waals surface area contributed by atoms with E-state index in [1.54, 1.807) is 0 Å². The van der Waals surface area contributed by atoms with Crippen molar-refractivity contribution in [2.45, 2.75) is 32.2 Å². The number of anilines is 1. The molecule has 0 saturated carbocycles. The molecule has 2 saturated heterocycles. The van der Waals surface area contributed by atoms with E-state index in [0.717, 1.165) is 70.3 Å². The molecule has 2 aliphatic heterocycles. The van der Waals surface area contributed by atoms with Crippen molar-refractivity contribution in [1.29, 1.82) is 5.26 Å². The molecular weight excluding hydrogens is 314 g/mol. The van der Waals surface area contributed by atoms with Gasteiger partial charge in [-0.2, -0.15) is 5.26 Å². The highest BCUT2D eigenvalue weighted by atomic mass is 35.5. The van der Waals surface area contributed by atoms with Gasteiger partial charge in [0, 0.05) is 44.7 Å². The van der Waals surface area contributed by atoms with Crippen molar-refractivity contribution < 1.29 is 4.74 Å². The fraction of sp³-hybridized carbons (Fsp3) is 0.688. The number of morpholine rings is 1. The molecule has 0 radical (unpaired) electrons. The molecule has 3 heterocycles. The fourth-order valence-corrected chi connectivity index (χ4v) is 3.26. The molecule has 126 valence electrons. The highest BCUT2D eigenvalue weighted by Crippen LogP contribution is 2.22. The number of piperidine rings is 1. The minimum absolute atomic E-state index is 0. The van der Waals surface area contributed by atoms with Gasteiger partial charge in [-0.15, -0.1) is 12.4 Å². The van der Waals surface area contributed by atoms with Gasteiger partial charge >= 0.3 is 0 Å². The normalized spacial score (nSPS) is 19.9. The highest BCUT2D eigenvalue weighted by molar-refractivity contribution is 5.85. The molecule has 3 rings (SSSR count). The summed E-state index contributed by atoms with van der Waals surface area (Å²) in [5.74, 6) is 1.66. The van der Waals surface area contributed by atoms with Crippen molar-refractivity contribution in [3.05, 3.63) is 17.6 Å². The first-order valence-corrected chi connectivity index (χ1v) is 8.15. The highest BCUT2D eigenvalue weighted by Gasteiger charge is 2.26. The van der Waals surface area contributed by atoms with E-state index in [-0.39, 0.29) is 12.4 Å². The molecule has 1 aromatic rings. The number of aryl methyl sites for hydroxylation is 1. The minimum Gasteiger partial charge on any atom is -0.379 e. The number of nitriles is 1. The minimum atomic E-state index is 0. The maximum atomic E-state index is 9.12. The van der Waals surface area contributed by atoms with Gasteiger partial charge in [-0.1, -0.05) is 6.92 Å². The number of aromatic nitrogens is 2. The largest absolute Gasteiger partial charge is 0.379 e. The maximum absolute atomic E-state index is 9.12. The lowest BCUT2D eigenvalue weighted by atomic mass is 10.0. The van der Waals surface area contributed by atoms with Gasteiger partial charge in [0.1, 0.15) is 23.4 Å². The smallest absolute Gasteiger partial charge is 0.146 e. The second kappa shape index (κ2) is 8.44. The van der Waals surface area contributed by atoms with E-state index in [0.29, 0.717) is 11.7 Å². The Morgan fingerprint density at radius 2 is 1.91 bits per heavy atom. The zero-order chi connectivity index (χ0) is 15.4. The Labute approximate surface area is 143 Å². The van der Waals surface area contributed by atoms with Crippen molar-refractivity contribution in [2.24, 2.45) is 0 Å². The molecule has 0 atom stereocenters. The number of halogens is 1. The molecule has 0 amide bonds. The van der Waals surface area contributed by atoms with Crippen LogP contribution in [0.2, 0.25) is 0 Å². The third-order valence-electron chi connectivity index (χ3n) is 4.54. The molecule has 7 heteroatoms. The van der Waals surface area contributed by atoms with Gasteiger partial charge in [0.15, 0.2) is 0 Å². The molecule has 6 nitrogen and oxygen atoms in total. The number of hydrogen-bond acceptors (Lipinski definition) is 6. The second-order valence-electron chi connectivity index (χ2n) is 5.86. The number of nitrogens with zero attached hydrogens (tertiary/aromatic N) is 5. The van der Waals surface area contributed by atoms with Crippen LogP contribution in [-0.2, 0) is 11.2 Å². The first-order valence-electron chi connectivity index (χ1n) is 8.15. The van der Waals surface area contributed by atoms with Crippen LogP contribution in [0.1, 0.15) is 31.3 Å². The van der Waals surface area contributed by atoms with Crippen LogP contribution in [0.4, 0.5) is 5.82 Å². The van der Waals surface area contributed by atoms with E-state index in [4.69, 9.17) is 10.00 Å². The lowest BCUT2D eigenvalue weighted by Gasteiger charge is -2.40. The van der Waals surface area contributed by atoms with E-state index in [2.05, 4.69) is 25.8 Å². The molecule has 2 fully saturated rings. The Morgan fingerprint density at radius 3 is 2.52 bits per heavy atom. The van der Waals surface area contributed by atoms with E-state index in [1.165, 1.54) is 0 Å². The summed E-state index contributed by atoms with van der Waals surface area (Å²) < 4.78 is 5.43. The van der Waals surface area contributed by atoms with Gasteiger partial charge in [-0.05, 0) is 12.8 Å². The van der Waals surface area contributed by atoms with Gasteiger partial charge < -0.3 is 9.64 Å². The lowest BCUT2D eigenvalue weighted by Crippen LogP contribution is -2.49. The zero-order valence-electron chi connectivity index (χ0n) is 13.6. The van der Waals surface area contributed by atoms with Gasteiger partial charge in [0.05, 0.1) is 13.2 Å². The molecule has 1 aromatic heterocycles. The quantitative estimate of drug-likeness (QED) is 0.835. The average molecular weight is 338 g/mol. The third kappa shape index (κ3) is 4.31. The molecule has 0 spiro atoms. The monoisotopic (exact) mass is 337 g/mol. The first kappa shape index (κ1) is 17.9. The van der Waals surface area contributed by atoms with Gasteiger partial charge in [0.25, 0.3) is 0 Å². The number of ether oxygens (including phenoxy) is 1. The predicted molar refractivity (Wildman–Crippen MR) is 91.0 cm³/mol. The van der Waals surface area contributed by atoms with E-state index >= 15 is 0 Å². The molecule has 0 unspecified atom stereocenters. The van der Waals surface area contributed by atoms with Crippen molar-refractivity contribution in [2.75, 3.05) is 44.3 Å². The second-order valence-corrected chi connectivity index (χ2v) is 5.86. The molecule has 0 aromatic carbocycles. The van der Waals surface area contributed by atoms with Crippen LogP contribution >= 0.6 is 12.4 Å². The van der Waals surface area contributed by atoms with Gasteiger partial charge in [-0.25, -0.2) is 9.97 Å². The Bertz CT molecular complexity index is 548. The van der Waals surface area contributed by atoms with E-state index < -0.39 is 0 Å². The number of rotatable bonds is 3. The van der Waals surface area contributed by atoms with Crippen molar-refractivity contribution >= 4 is 18.2 Å². The van der Waals surface area contributed by atoms with Crippen LogP contribution in [0.25, 0.3) is 0 Å². The zero-order valence-corrected chi connectivity index (χ0v) is 14.4. The Hall–Kier alpha value is -1.42. The Balaban J connectivity index is 0.00000192. The summed E-state index contributed by atoms with van der Waals surface area (Å²) in [7, 11) is 0. The standard InChI is InChI=1S/C16H23N5O.ClH/c1-2-15-18-13(12-17)11-16(19-15)21-5-3-14(4-6-21)20-7-9-22-10-8-20;/h11,14H,2-10H2,1H3;1H. The summed E-state index contributed by atoms with van der Waals surface area (Å²) in [6.45, 7) is 7.83. The van der Waals surface area contributed by atoms with Crippen LogP contribution in [0.15, 0.2) is 6.07 Å². The molecule has 0 aliphatic carbocycles. The van der Waals surface area contributed by atoms with Crippen molar-refractivity contribution in [3.8, 4) is 6.07 Å². The average Bonchev–Trinajstić information content (AvgIpc) is 2.62. The van der Waals surface area contributed by atoms with Crippen LogP contribution < -0.4 is 4.90 Å². The Morgan fingerprint density at radius 1 is 1.22 bits per heavy atom. The van der Waals surface area contributed by atoms with Crippen molar-refractivity contribution in [1.82, 2.24) is 14.9 Å². The predicted octanol–water partition coefficient (Wildman–Crippen LogP) is 1.63. The molecule has 23 heavy (non-hydrogen) atoms. The first-order chi connectivity index (χ1) is 10.8. The maximum Gasteiger partial charge on any atom is 0.146 e. The summed E-state index contributed by atoms with van der Waals surface area (Å²) in [5.41, 5.74) is 0.470. The Kier molecular flexibility index (Phi) is 6.58. The van der Waals surface area contributed by atoms with Crippen LogP contribution in [0.5, 0.6) is 0 Å². The lowest BCUT2D eigenvalue weighted by molar-refractivity contribution is 0.0114. The van der Waals surface area contributed by atoms with Crippen LogP contribution in [0, 0.1) is 11.3 Å². The summed E-state index contributed by atoms with van der Waals surface area (Å²) in [6.07, 6.45) is 3.05. The third-order valence-corrected chi connectivity index (χ3v) is 4.54. The summed E-state index contributed by atoms with van der Waals surface area (Å²) in [6, 6.07) is 4.61.